The Hall–Kier alpha value is -1.89. The Labute approximate surface area is 89.4 Å². The van der Waals surface area contributed by atoms with Crippen LogP contribution >= 0.6 is 0 Å². The molecular formula is C14H10O. The van der Waals surface area contributed by atoms with E-state index in [0.29, 0.717) is 16.7 Å². The zero-order chi connectivity index (χ0) is 10.7. The second-order valence-corrected chi connectivity index (χ2v) is 3.32. The summed E-state index contributed by atoms with van der Waals surface area (Å²) >= 11 is 0. The van der Waals surface area contributed by atoms with Crippen LogP contribution in [0, 0.1) is 6.92 Å². The second-order valence-electron chi connectivity index (χ2n) is 3.32. The van der Waals surface area contributed by atoms with Gasteiger partial charge in [0, 0.05) is 11.1 Å². The summed E-state index contributed by atoms with van der Waals surface area (Å²) in [5.41, 5.74) is 1.92. The lowest BCUT2D eigenvalue weighted by atomic mass is 10.0. The molecule has 0 fully saturated rings. The van der Waals surface area contributed by atoms with Gasteiger partial charge in [-0.1, -0.05) is 48.5 Å². The van der Waals surface area contributed by atoms with Crippen molar-refractivity contribution in [3.8, 4) is 0 Å². The average molecular weight is 194 g/mol. The van der Waals surface area contributed by atoms with Crippen LogP contribution in [-0.4, -0.2) is 5.78 Å². The van der Waals surface area contributed by atoms with Crippen molar-refractivity contribution in [3.05, 3.63) is 78.2 Å². The van der Waals surface area contributed by atoms with E-state index in [1.165, 1.54) is 0 Å². The van der Waals surface area contributed by atoms with E-state index in [9.17, 15) is 4.79 Å². The van der Waals surface area contributed by atoms with Crippen LogP contribution in [0.1, 0.15) is 21.5 Å². The summed E-state index contributed by atoms with van der Waals surface area (Å²) in [5.74, 6) is 0.00269. The SMILES string of the molecule is [CH]c1cccc(C(=O)c2ccccc2)c1. The van der Waals surface area contributed by atoms with E-state index < -0.39 is 0 Å². The number of carbonyl (C=O) groups excluding carboxylic acids is 1. The van der Waals surface area contributed by atoms with Crippen molar-refractivity contribution in [2.24, 2.45) is 0 Å². The van der Waals surface area contributed by atoms with Gasteiger partial charge in [-0.15, -0.1) is 0 Å². The molecule has 0 aliphatic heterocycles. The number of hydrogen-bond donors (Lipinski definition) is 0. The van der Waals surface area contributed by atoms with Gasteiger partial charge in [-0.25, -0.2) is 0 Å². The number of ketones is 1. The molecule has 0 saturated heterocycles. The summed E-state index contributed by atoms with van der Waals surface area (Å²) in [6.07, 6.45) is 0. The Morgan fingerprint density at radius 2 is 1.53 bits per heavy atom. The molecule has 2 aromatic rings. The lowest BCUT2D eigenvalue weighted by molar-refractivity contribution is 0.103. The summed E-state index contributed by atoms with van der Waals surface area (Å²) in [6, 6.07) is 16.2. The normalized spacial score (nSPS) is 9.93. The van der Waals surface area contributed by atoms with E-state index in [-0.39, 0.29) is 5.78 Å². The minimum absolute atomic E-state index is 0.00269. The molecule has 72 valence electrons. The third-order valence-corrected chi connectivity index (χ3v) is 2.18. The first kappa shape index (κ1) is 9.66. The smallest absolute Gasteiger partial charge is 0.193 e. The maximum Gasteiger partial charge on any atom is 0.193 e. The summed E-state index contributed by atoms with van der Waals surface area (Å²) in [7, 11) is 0. The zero-order valence-electron chi connectivity index (χ0n) is 8.18. The van der Waals surface area contributed by atoms with Gasteiger partial charge >= 0.3 is 0 Å². The molecule has 2 rings (SSSR count). The van der Waals surface area contributed by atoms with Crippen LogP contribution in [0.3, 0.4) is 0 Å². The third kappa shape index (κ3) is 2.13. The number of rotatable bonds is 2. The maximum absolute atomic E-state index is 11.9. The number of carbonyl (C=O) groups is 1. The van der Waals surface area contributed by atoms with Crippen molar-refractivity contribution in [2.45, 2.75) is 0 Å². The summed E-state index contributed by atoms with van der Waals surface area (Å²) in [6.45, 7) is 5.62. The number of benzene rings is 2. The Morgan fingerprint density at radius 1 is 0.867 bits per heavy atom. The van der Waals surface area contributed by atoms with Gasteiger partial charge in [0.25, 0.3) is 0 Å². The van der Waals surface area contributed by atoms with E-state index in [0.717, 1.165) is 0 Å². The molecule has 0 bridgehead atoms. The molecule has 0 aromatic heterocycles. The van der Waals surface area contributed by atoms with Gasteiger partial charge in [0.1, 0.15) is 0 Å². The zero-order valence-corrected chi connectivity index (χ0v) is 8.18. The molecule has 0 atom stereocenters. The van der Waals surface area contributed by atoms with Crippen LogP contribution in [0.25, 0.3) is 0 Å². The minimum Gasteiger partial charge on any atom is -0.289 e. The first-order valence-corrected chi connectivity index (χ1v) is 4.72. The van der Waals surface area contributed by atoms with Crippen molar-refractivity contribution < 1.29 is 4.79 Å². The fraction of sp³-hybridized carbons (Fsp3) is 0. The van der Waals surface area contributed by atoms with Gasteiger partial charge in [0.15, 0.2) is 5.78 Å². The average Bonchev–Trinajstić information content (AvgIpc) is 2.29. The monoisotopic (exact) mass is 194 g/mol. The molecule has 2 radical (unpaired) electrons. The quantitative estimate of drug-likeness (QED) is 0.672. The van der Waals surface area contributed by atoms with Gasteiger partial charge in [-0.3, -0.25) is 4.79 Å². The van der Waals surface area contributed by atoms with Crippen molar-refractivity contribution >= 4 is 5.78 Å². The maximum atomic E-state index is 11.9. The molecule has 0 spiro atoms. The molecule has 0 saturated carbocycles. The van der Waals surface area contributed by atoms with Crippen LogP contribution in [0.2, 0.25) is 0 Å². The van der Waals surface area contributed by atoms with Gasteiger partial charge in [0.05, 0.1) is 0 Å². The highest BCUT2D eigenvalue weighted by Gasteiger charge is 2.07. The molecule has 2 aromatic carbocycles. The highest BCUT2D eigenvalue weighted by Crippen LogP contribution is 2.10. The Kier molecular flexibility index (Phi) is 2.64. The molecule has 0 N–H and O–H groups in total. The topological polar surface area (TPSA) is 17.1 Å². The van der Waals surface area contributed by atoms with E-state index in [1.807, 2.05) is 18.2 Å². The van der Waals surface area contributed by atoms with Crippen molar-refractivity contribution in [1.82, 2.24) is 0 Å². The molecular weight excluding hydrogens is 184 g/mol. The molecule has 15 heavy (non-hydrogen) atoms. The van der Waals surface area contributed by atoms with E-state index in [2.05, 4.69) is 0 Å². The van der Waals surface area contributed by atoms with E-state index >= 15 is 0 Å². The Bertz CT molecular complexity index is 472. The largest absolute Gasteiger partial charge is 0.289 e. The van der Waals surface area contributed by atoms with Crippen LogP contribution in [0.15, 0.2) is 54.6 Å². The van der Waals surface area contributed by atoms with Crippen molar-refractivity contribution in [1.29, 1.82) is 0 Å². The third-order valence-electron chi connectivity index (χ3n) is 2.18. The number of hydrogen-bond acceptors (Lipinski definition) is 1. The predicted octanol–water partition coefficient (Wildman–Crippen LogP) is 2.98. The first-order valence-electron chi connectivity index (χ1n) is 4.72. The van der Waals surface area contributed by atoms with Gasteiger partial charge in [-0.05, 0) is 18.6 Å². The highest BCUT2D eigenvalue weighted by molar-refractivity contribution is 6.09. The lowest BCUT2D eigenvalue weighted by Gasteiger charge is -2.01. The molecule has 1 heteroatoms. The van der Waals surface area contributed by atoms with Crippen molar-refractivity contribution in [3.63, 3.8) is 0 Å². The van der Waals surface area contributed by atoms with Gasteiger partial charge < -0.3 is 0 Å². The fourth-order valence-corrected chi connectivity index (χ4v) is 1.44. The first-order chi connectivity index (χ1) is 7.27. The Morgan fingerprint density at radius 3 is 2.20 bits per heavy atom. The van der Waals surface area contributed by atoms with Crippen LogP contribution in [-0.2, 0) is 0 Å². The predicted molar refractivity (Wildman–Crippen MR) is 59.7 cm³/mol. The molecule has 0 aliphatic carbocycles. The van der Waals surface area contributed by atoms with Gasteiger partial charge in [0.2, 0.25) is 0 Å². The fourth-order valence-electron chi connectivity index (χ4n) is 1.44. The summed E-state index contributed by atoms with van der Waals surface area (Å²) < 4.78 is 0. The van der Waals surface area contributed by atoms with E-state index in [4.69, 9.17) is 6.92 Å². The van der Waals surface area contributed by atoms with Crippen molar-refractivity contribution in [2.75, 3.05) is 0 Å². The highest BCUT2D eigenvalue weighted by atomic mass is 16.1. The molecule has 0 amide bonds. The van der Waals surface area contributed by atoms with Gasteiger partial charge in [-0.2, -0.15) is 0 Å². The molecule has 0 aliphatic rings. The summed E-state index contributed by atoms with van der Waals surface area (Å²) in [5, 5.41) is 0. The van der Waals surface area contributed by atoms with Crippen LogP contribution in [0.4, 0.5) is 0 Å². The van der Waals surface area contributed by atoms with E-state index in [1.54, 1.807) is 36.4 Å². The minimum atomic E-state index is 0.00269. The van der Waals surface area contributed by atoms with Crippen LogP contribution < -0.4 is 0 Å². The van der Waals surface area contributed by atoms with Crippen LogP contribution in [0.5, 0.6) is 0 Å². The second kappa shape index (κ2) is 4.09. The Balaban J connectivity index is 2.37. The standard InChI is InChI=1S/C14H10O/c1-11-6-5-9-13(10-11)14(15)12-7-3-2-4-8-12/h1-10H. The summed E-state index contributed by atoms with van der Waals surface area (Å²) in [4.78, 5) is 11.9. The molecule has 0 heterocycles. The molecule has 1 nitrogen and oxygen atoms in total. The molecule has 0 unspecified atom stereocenters. The lowest BCUT2D eigenvalue weighted by Crippen LogP contribution is -2.00.